The lowest BCUT2D eigenvalue weighted by atomic mass is 10.0. The van der Waals surface area contributed by atoms with Gasteiger partial charge in [0.25, 0.3) is 5.91 Å². The summed E-state index contributed by atoms with van der Waals surface area (Å²) in [4.78, 5) is 39.0. The molecule has 9 nitrogen and oxygen atoms in total. The summed E-state index contributed by atoms with van der Waals surface area (Å²) in [5, 5.41) is 13.0. The van der Waals surface area contributed by atoms with Crippen LogP contribution in [-0.4, -0.2) is 24.8 Å². The van der Waals surface area contributed by atoms with Crippen LogP contribution < -0.4 is 20.9 Å². The van der Waals surface area contributed by atoms with Crippen molar-refractivity contribution in [3.8, 4) is 5.75 Å². The summed E-state index contributed by atoms with van der Waals surface area (Å²) in [5.74, 6) is -0.0241. The van der Waals surface area contributed by atoms with Gasteiger partial charge in [0.1, 0.15) is 17.5 Å². The van der Waals surface area contributed by atoms with Crippen molar-refractivity contribution >= 4 is 39.9 Å². The Hall–Kier alpha value is -5.31. The van der Waals surface area contributed by atoms with E-state index in [2.05, 4.69) is 26.4 Å². The number of hydrogen-bond acceptors (Lipinski definition) is 6. The number of azo groups is 1. The summed E-state index contributed by atoms with van der Waals surface area (Å²) in [6.45, 7) is 0. The van der Waals surface area contributed by atoms with Crippen molar-refractivity contribution in [1.82, 2.24) is 10.9 Å². The molecule has 0 bridgehead atoms. The summed E-state index contributed by atoms with van der Waals surface area (Å²) in [6.07, 6.45) is 0. The van der Waals surface area contributed by atoms with Crippen LogP contribution in [0.25, 0.3) is 16.5 Å². The first kappa shape index (κ1) is 23.1. The van der Waals surface area contributed by atoms with E-state index in [0.29, 0.717) is 39.4 Å². The minimum Gasteiger partial charge on any atom is -0.497 e. The molecule has 0 radical (unpaired) electrons. The lowest BCUT2D eigenvalue weighted by Crippen LogP contribution is -2.44. The minimum absolute atomic E-state index is 0.253. The van der Waals surface area contributed by atoms with Crippen LogP contribution in [0.4, 0.5) is 10.5 Å². The second kappa shape index (κ2) is 9.29. The topological polar surface area (TPSA) is 121 Å². The number of nitrogens with zero attached hydrogens (tertiary/aromatic N) is 2. The van der Waals surface area contributed by atoms with Crippen LogP contribution in [0.3, 0.4) is 0 Å². The van der Waals surface area contributed by atoms with Gasteiger partial charge in [-0.3, -0.25) is 15.0 Å². The summed E-state index contributed by atoms with van der Waals surface area (Å²) in [6, 6.07) is 24.0. The molecule has 9 heteroatoms. The maximum Gasteiger partial charge on any atom is 0.337 e. The zero-order chi connectivity index (χ0) is 26.2. The van der Waals surface area contributed by atoms with E-state index in [-0.39, 0.29) is 5.78 Å². The number of urea groups is 1. The molecule has 1 atom stereocenters. The van der Waals surface area contributed by atoms with Crippen molar-refractivity contribution in [2.24, 2.45) is 10.2 Å². The van der Waals surface area contributed by atoms with E-state index < -0.39 is 18.0 Å². The fraction of sp³-hybridized carbons (Fsp3) is 0.0690. The summed E-state index contributed by atoms with van der Waals surface area (Å²) >= 11 is 0. The van der Waals surface area contributed by atoms with Gasteiger partial charge in [-0.2, -0.15) is 10.2 Å². The summed E-state index contributed by atoms with van der Waals surface area (Å²) in [5.41, 5.74) is 8.26. The number of anilines is 1. The number of rotatable bonds is 4. The van der Waals surface area contributed by atoms with Crippen molar-refractivity contribution in [2.45, 2.75) is 6.04 Å². The highest BCUT2D eigenvalue weighted by Crippen LogP contribution is 2.49. The van der Waals surface area contributed by atoms with Crippen molar-refractivity contribution in [1.29, 1.82) is 0 Å². The Bertz CT molecular complexity index is 1690. The standard InChI is InChI=1S/C29H21N5O4/c1-38-18-14-12-17(13-15-18)25-24-26(32-31-25)21-10-5-11-22(23(21)27(24)35)30-29(37)34-33-28(36)20-9-4-7-16-6-2-3-8-19(16)20/h2-15,26H,1H3,(H,33,36)(H2,30,34,37). The Morgan fingerprint density at radius 1 is 0.868 bits per heavy atom. The molecule has 1 unspecified atom stereocenters. The summed E-state index contributed by atoms with van der Waals surface area (Å²) in [7, 11) is 1.58. The highest BCUT2D eigenvalue weighted by molar-refractivity contribution is 6.22. The first-order chi connectivity index (χ1) is 18.5. The van der Waals surface area contributed by atoms with Crippen molar-refractivity contribution in [2.75, 3.05) is 12.4 Å². The molecule has 4 aromatic carbocycles. The number of carbonyl (C=O) groups excluding carboxylic acids is 3. The van der Waals surface area contributed by atoms with E-state index in [0.717, 1.165) is 16.3 Å². The molecule has 3 amide bonds. The average Bonchev–Trinajstić information content (AvgIpc) is 3.51. The van der Waals surface area contributed by atoms with Crippen LogP contribution in [0.1, 0.15) is 37.9 Å². The van der Waals surface area contributed by atoms with Gasteiger partial charge in [-0.25, -0.2) is 10.2 Å². The number of ether oxygens (including phenoxy) is 1. The largest absolute Gasteiger partial charge is 0.497 e. The minimum atomic E-state index is -0.692. The monoisotopic (exact) mass is 503 g/mol. The molecule has 1 aliphatic heterocycles. The summed E-state index contributed by atoms with van der Waals surface area (Å²) < 4.78 is 5.21. The molecule has 1 heterocycles. The fourth-order valence-corrected chi connectivity index (χ4v) is 4.82. The van der Waals surface area contributed by atoms with Crippen LogP contribution in [0, 0.1) is 0 Å². The van der Waals surface area contributed by atoms with Crippen molar-refractivity contribution < 1.29 is 19.1 Å². The number of carbonyl (C=O) groups is 3. The van der Waals surface area contributed by atoms with Crippen LogP contribution in [0.2, 0.25) is 0 Å². The van der Waals surface area contributed by atoms with Gasteiger partial charge in [-0.1, -0.05) is 48.5 Å². The predicted octanol–water partition coefficient (Wildman–Crippen LogP) is 5.43. The molecule has 6 rings (SSSR count). The first-order valence-electron chi connectivity index (χ1n) is 11.9. The lowest BCUT2D eigenvalue weighted by molar-refractivity contribution is 0.0939. The van der Waals surface area contributed by atoms with Gasteiger partial charge >= 0.3 is 6.03 Å². The predicted molar refractivity (Wildman–Crippen MR) is 142 cm³/mol. The molecule has 38 heavy (non-hydrogen) atoms. The number of fused-ring (bicyclic) bond motifs is 4. The number of amides is 3. The van der Waals surface area contributed by atoms with E-state index in [9.17, 15) is 14.4 Å². The molecule has 0 saturated carbocycles. The van der Waals surface area contributed by atoms with Gasteiger partial charge in [0, 0.05) is 11.1 Å². The van der Waals surface area contributed by atoms with E-state index >= 15 is 0 Å². The third kappa shape index (κ3) is 3.86. The molecule has 3 N–H and O–H groups in total. The average molecular weight is 504 g/mol. The van der Waals surface area contributed by atoms with Gasteiger partial charge in [0.2, 0.25) is 0 Å². The van der Waals surface area contributed by atoms with Crippen molar-refractivity contribution in [3.63, 3.8) is 0 Å². The second-order valence-electron chi connectivity index (χ2n) is 8.77. The molecule has 2 aliphatic rings. The SMILES string of the molecule is COc1ccc(C2=C3C(=O)c4c(NC(=O)NNC(=O)c5cccc6ccccc56)cccc4C3N=N2)cc1. The van der Waals surface area contributed by atoms with Gasteiger partial charge in [-0.15, -0.1) is 0 Å². The van der Waals surface area contributed by atoms with Gasteiger partial charge in [-0.05, 0) is 52.7 Å². The Kier molecular flexibility index (Phi) is 5.65. The molecule has 4 aromatic rings. The Labute approximate surface area is 217 Å². The van der Waals surface area contributed by atoms with Crippen molar-refractivity contribution in [3.05, 3.63) is 113 Å². The normalized spacial score (nSPS) is 15.3. The van der Waals surface area contributed by atoms with Gasteiger partial charge < -0.3 is 10.1 Å². The molecule has 186 valence electrons. The molecule has 0 fully saturated rings. The van der Waals surface area contributed by atoms with Gasteiger partial charge in [0.15, 0.2) is 5.78 Å². The van der Waals surface area contributed by atoms with E-state index in [1.165, 1.54) is 0 Å². The Morgan fingerprint density at radius 2 is 1.63 bits per heavy atom. The number of methoxy groups -OCH3 is 1. The highest BCUT2D eigenvalue weighted by Gasteiger charge is 2.42. The second-order valence-corrected chi connectivity index (χ2v) is 8.77. The molecule has 0 aromatic heterocycles. The number of hydrazine groups is 1. The molecule has 0 saturated heterocycles. The number of Topliss-reactive ketones (excluding diaryl/α,β-unsaturated/α-hetero) is 1. The third-order valence-corrected chi connectivity index (χ3v) is 6.60. The number of benzene rings is 4. The Morgan fingerprint density at radius 3 is 2.45 bits per heavy atom. The zero-order valence-electron chi connectivity index (χ0n) is 20.2. The smallest absolute Gasteiger partial charge is 0.337 e. The lowest BCUT2D eigenvalue weighted by Gasteiger charge is -2.12. The molecular weight excluding hydrogens is 482 g/mol. The number of ketones is 1. The Balaban J connectivity index is 1.21. The first-order valence-corrected chi connectivity index (χ1v) is 11.9. The van der Waals surface area contributed by atoms with Crippen LogP contribution in [-0.2, 0) is 0 Å². The van der Waals surface area contributed by atoms with Crippen LogP contribution in [0.5, 0.6) is 5.75 Å². The zero-order valence-corrected chi connectivity index (χ0v) is 20.2. The molecular formula is C29H21N5O4. The van der Waals surface area contributed by atoms with E-state index in [1.807, 2.05) is 42.5 Å². The van der Waals surface area contributed by atoms with E-state index in [1.54, 1.807) is 49.6 Å². The highest BCUT2D eigenvalue weighted by atomic mass is 16.5. The fourth-order valence-electron chi connectivity index (χ4n) is 4.82. The van der Waals surface area contributed by atoms with Gasteiger partial charge in [0.05, 0.1) is 23.9 Å². The maximum atomic E-state index is 13.5. The molecule has 0 spiro atoms. The van der Waals surface area contributed by atoms with Crippen LogP contribution >= 0.6 is 0 Å². The number of nitrogens with one attached hydrogen (secondary N) is 3. The maximum absolute atomic E-state index is 13.5. The number of hydrogen-bond donors (Lipinski definition) is 3. The quantitative estimate of drug-likeness (QED) is 0.322. The molecule has 1 aliphatic carbocycles. The van der Waals surface area contributed by atoms with Crippen LogP contribution in [0.15, 0.2) is 101 Å². The third-order valence-electron chi connectivity index (χ3n) is 6.60. The van der Waals surface area contributed by atoms with E-state index in [4.69, 9.17) is 4.74 Å².